The highest BCUT2D eigenvalue weighted by Gasteiger charge is 2.25. The fourth-order valence-electron chi connectivity index (χ4n) is 3.04. The fourth-order valence-corrected chi connectivity index (χ4v) is 3.04. The van der Waals surface area contributed by atoms with Crippen LogP contribution in [0.1, 0.15) is 33.6 Å². The van der Waals surface area contributed by atoms with E-state index in [-0.39, 0.29) is 35.5 Å². The number of amides is 1. The zero-order chi connectivity index (χ0) is 18.2. The van der Waals surface area contributed by atoms with Crippen LogP contribution in [-0.2, 0) is 4.74 Å². The molecule has 0 aliphatic carbocycles. The van der Waals surface area contributed by atoms with Crippen LogP contribution in [0.25, 0.3) is 0 Å². The average molecular weight is 469 g/mol. The molecule has 0 aromatic rings. The summed E-state index contributed by atoms with van der Waals surface area (Å²) in [7, 11) is 5.97. The van der Waals surface area contributed by atoms with Crippen molar-refractivity contribution in [2.24, 2.45) is 10.4 Å². The lowest BCUT2D eigenvalue weighted by atomic mass is 9.93. The molecule has 148 valence electrons. The molecule has 1 amide bonds. The Morgan fingerprint density at radius 1 is 1.32 bits per heavy atom. The van der Waals surface area contributed by atoms with E-state index in [0.717, 1.165) is 45.0 Å². The van der Waals surface area contributed by atoms with Crippen molar-refractivity contribution in [2.75, 3.05) is 53.9 Å². The largest absolute Gasteiger partial charge is 0.450 e. The Morgan fingerprint density at radius 3 is 2.40 bits per heavy atom. The van der Waals surface area contributed by atoms with Crippen molar-refractivity contribution in [3.05, 3.63) is 0 Å². The molecular formula is C17H36IN5O2. The van der Waals surface area contributed by atoms with E-state index in [2.05, 4.69) is 48.5 Å². The van der Waals surface area contributed by atoms with Gasteiger partial charge in [0, 0.05) is 39.3 Å². The highest BCUT2D eigenvalue weighted by molar-refractivity contribution is 14.0. The van der Waals surface area contributed by atoms with Crippen LogP contribution in [0.2, 0.25) is 0 Å². The van der Waals surface area contributed by atoms with Crippen LogP contribution >= 0.6 is 24.0 Å². The van der Waals surface area contributed by atoms with Crippen LogP contribution in [-0.4, -0.2) is 81.8 Å². The van der Waals surface area contributed by atoms with Crippen molar-refractivity contribution < 1.29 is 9.53 Å². The topological polar surface area (TPSA) is 69.2 Å². The SMILES string of the molecule is CCOC(=O)N1CCC(NC(=NC)NCC(C)(C)CN(C)C)CC1.I. The van der Waals surface area contributed by atoms with Gasteiger partial charge in [0.1, 0.15) is 0 Å². The van der Waals surface area contributed by atoms with E-state index in [9.17, 15) is 4.79 Å². The lowest BCUT2D eigenvalue weighted by Gasteiger charge is -2.33. The summed E-state index contributed by atoms with van der Waals surface area (Å²) in [4.78, 5) is 20.0. The molecule has 0 saturated carbocycles. The van der Waals surface area contributed by atoms with Gasteiger partial charge in [0.2, 0.25) is 0 Å². The molecule has 25 heavy (non-hydrogen) atoms. The number of aliphatic imine (C=N–C) groups is 1. The number of carbonyl (C=O) groups is 1. The number of likely N-dealkylation sites (tertiary alicyclic amines) is 1. The minimum atomic E-state index is -0.205. The molecule has 0 spiro atoms. The quantitative estimate of drug-likeness (QED) is 0.354. The Bertz CT molecular complexity index is 421. The van der Waals surface area contributed by atoms with Gasteiger partial charge in [0.05, 0.1) is 6.61 Å². The molecule has 0 aromatic carbocycles. The highest BCUT2D eigenvalue weighted by atomic mass is 127. The molecule has 1 aliphatic rings. The number of ether oxygens (including phenoxy) is 1. The van der Waals surface area contributed by atoms with Crippen molar-refractivity contribution >= 4 is 36.0 Å². The lowest BCUT2D eigenvalue weighted by Crippen LogP contribution is -2.51. The molecule has 2 N–H and O–H groups in total. The van der Waals surface area contributed by atoms with Gasteiger partial charge < -0.3 is 25.2 Å². The molecule has 0 bridgehead atoms. The van der Waals surface area contributed by atoms with Crippen molar-refractivity contribution in [3.63, 3.8) is 0 Å². The Balaban J connectivity index is 0.00000576. The van der Waals surface area contributed by atoms with Crippen molar-refractivity contribution in [2.45, 2.75) is 39.7 Å². The van der Waals surface area contributed by atoms with E-state index >= 15 is 0 Å². The van der Waals surface area contributed by atoms with Gasteiger partial charge in [-0.25, -0.2) is 4.79 Å². The second-order valence-electron chi connectivity index (χ2n) is 7.43. The first-order chi connectivity index (χ1) is 11.3. The Morgan fingerprint density at radius 2 is 1.92 bits per heavy atom. The minimum Gasteiger partial charge on any atom is -0.450 e. The van der Waals surface area contributed by atoms with Gasteiger partial charge in [-0.3, -0.25) is 4.99 Å². The summed E-state index contributed by atoms with van der Waals surface area (Å²) in [5, 5.41) is 6.89. The molecule has 1 saturated heterocycles. The van der Waals surface area contributed by atoms with E-state index in [1.54, 1.807) is 11.9 Å². The number of carbonyl (C=O) groups excluding carboxylic acids is 1. The van der Waals surface area contributed by atoms with Crippen LogP contribution in [0.5, 0.6) is 0 Å². The number of nitrogens with zero attached hydrogens (tertiary/aromatic N) is 3. The number of piperidine rings is 1. The standard InChI is InChI=1S/C17H35N5O2.HI/c1-7-24-16(23)22-10-8-14(9-11-22)20-15(18-4)19-12-17(2,3)13-21(5)6;/h14H,7-13H2,1-6H3,(H2,18,19,20);1H. The number of hydrogen-bond acceptors (Lipinski definition) is 4. The number of nitrogens with one attached hydrogen (secondary N) is 2. The molecule has 1 aliphatic heterocycles. The van der Waals surface area contributed by atoms with Gasteiger partial charge in [0.25, 0.3) is 0 Å². The van der Waals surface area contributed by atoms with E-state index in [0.29, 0.717) is 12.6 Å². The Labute approximate surface area is 170 Å². The molecule has 8 heteroatoms. The predicted molar refractivity (Wildman–Crippen MR) is 114 cm³/mol. The van der Waals surface area contributed by atoms with E-state index in [1.165, 1.54) is 0 Å². The summed E-state index contributed by atoms with van der Waals surface area (Å²) < 4.78 is 5.05. The molecule has 1 rings (SSSR count). The zero-order valence-corrected chi connectivity index (χ0v) is 18.9. The third-order valence-electron chi connectivity index (χ3n) is 4.06. The first-order valence-electron chi connectivity index (χ1n) is 8.81. The van der Waals surface area contributed by atoms with Gasteiger partial charge in [-0.1, -0.05) is 13.8 Å². The molecule has 0 radical (unpaired) electrons. The van der Waals surface area contributed by atoms with Crippen LogP contribution in [0.15, 0.2) is 4.99 Å². The third-order valence-corrected chi connectivity index (χ3v) is 4.06. The third kappa shape index (κ3) is 9.48. The molecular weight excluding hydrogens is 433 g/mol. The number of hydrogen-bond donors (Lipinski definition) is 2. The molecule has 1 fully saturated rings. The maximum Gasteiger partial charge on any atom is 0.409 e. The molecule has 1 heterocycles. The summed E-state index contributed by atoms with van der Waals surface area (Å²) in [6.07, 6.45) is 1.60. The predicted octanol–water partition coefficient (Wildman–Crippen LogP) is 1.98. The van der Waals surface area contributed by atoms with E-state index < -0.39 is 0 Å². The van der Waals surface area contributed by atoms with E-state index in [1.807, 2.05) is 6.92 Å². The van der Waals surface area contributed by atoms with Gasteiger partial charge in [-0.15, -0.1) is 24.0 Å². The van der Waals surface area contributed by atoms with Crippen LogP contribution in [0, 0.1) is 5.41 Å². The first kappa shape index (κ1) is 24.2. The summed E-state index contributed by atoms with van der Waals surface area (Å²) >= 11 is 0. The normalized spacial score (nSPS) is 16.4. The maximum absolute atomic E-state index is 11.7. The monoisotopic (exact) mass is 469 g/mol. The highest BCUT2D eigenvalue weighted by Crippen LogP contribution is 2.14. The van der Waals surface area contributed by atoms with Crippen molar-refractivity contribution in [1.29, 1.82) is 0 Å². The zero-order valence-electron chi connectivity index (χ0n) is 16.6. The number of halogens is 1. The van der Waals surface area contributed by atoms with Crippen molar-refractivity contribution in [1.82, 2.24) is 20.4 Å². The summed E-state index contributed by atoms with van der Waals surface area (Å²) in [6.45, 7) is 10.0. The van der Waals surface area contributed by atoms with Crippen molar-refractivity contribution in [3.8, 4) is 0 Å². The minimum absolute atomic E-state index is 0. The average Bonchev–Trinajstić information content (AvgIpc) is 2.51. The van der Waals surface area contributed by atoms with Crippen LogP contribution in [0.3, 0.4) is 0 Å². The van der Waals surface area contributed by atoms with Crippen LogP contribution < -0.4 is 10.6 Å². The molecule has 7 nitrogen and oxygen atoms in total. The van der Waals surface area contributed by atoms with Gasteiger partial charge >= 0.3 is 6.09 Å². The first-order valence-corrected chi connectivity index (χ1v) is 8.81. The van der Waals surface area contributed by atoms with E-state index in [4.69, 9.17) is 4.74 Å². The second kappa shape index (κ2) is 11.8. The van der Waals surface area contributed by atoms with Crippen LogP contribution in [0.4, 0.5) is 4.79 Å². The Hall–Kier alpha value is -0.770. The lowest BCUT2D eigenvalue weighted by molar-refractivity contribution is 0.0963. The number of rotatable bonds is 6. The number of guanidine groups is 1. The fraction of sp³-hybridized carbons (Fsp3) is 0.882. The van der Waals surface area contributed by atoms with Gasteiger partial charge in [0.15, 0.2) is 5.96 Å². The molecule has 0 unspecified atom stereocenters. The van der Waals surface area contributed by atoms with Gasteiger partial charge in [-0.2, -0.15) is 0 Å². The molecule has 0 atom stereocenters. The summed E-state index contributed by atoms with van der Waals surface area (Å²) in [6, 6.07) is 0.332. The summed E-state index contributed by atoms with van der Waals surface area (Å²) in [5.41, 5.74) is 0.161. The Kier molecular flexibility index (Phi) is 11.4. The maximum atomic E-state index is 11.7. The smallest absolute Gasteiger partial charge is 0.409 e. The molecule has 0 aromatic heterocycles. The van der Waals surface area contributed by atoms with Gasteiger partial charge in [-0.05, 0) is 39.3 Å². The second-order valence-corrected chi connectivity index (χ2v) is 7.43. The summed E-state index contributed by atoms with van der Waals surface area (Å²) in [5.74, 6) is 0.830.